The number of hydrogen-bond acceptors (Lipinski definition) is 16. The number of hydrogen-bond donors (Lipinski definition) is 0. The fourth-order valence-electron chi connectivity index (χ4n) is 2.02. The van der Waals surface area contributed by atoms with Crippen molar-refractivity contribution in [3.63, 3.8) is 0 Å². The van der Waals surface area contributed by atoms with E-state index in [0.29, 0.717) is 25.7 Å². The molecule has 0 spiro atoms. The van der Waals surface area contributed by atoms with Crippen LogP contribution in [0.3, 0.4) is 0 Å². The molecule has 0 rings (SSSR count). The summed E-state index contributed by atoms with van der Waals surface area (Å²) < 4.78 is 20.7. The van der Waals surface area contributed by atoms with Gasteiger partial charge in [0.2, 0.25) is 0 Å². The number of carbonyl (C=O) groups excluding carboxylic acids is 4. The number of rotatable bonds is 20. The van der Waals surface area contributed by atoms with E-state index in [4.69, 9.17) is 58.0 Å². The lowest BCUT2D eigenvalue weighted by molar-refractivity contribution is -0.325. The first-order valence-corrected chi connectivity index (χ1v) is 14.7. The lowest BCUT2D eigenvalue weighted by Crippen LogP contribution is -2.44. The summed E-state index contributed by atoms with van der Waals surface area (Å²) in [5, 5.41) is 0. The third-order valence-corrected chi connectivity index (χ3v) is 6.73. The zero-order valence-electron chi connectivity index (χ0n) is 28.7. The summed E-state index contributed by atoms with van der Waals surface area (Å²) in [5.74, 6) is 0. The van der Waals surface area contributed by atoms with Crippen molar-refractivity contribution in [2.45, 2.75) is 131 Å². The molecule has 0 bridgehead atoms. The molecule has 0 radical (unpaired) electrons. The standard InChI is InChI=1S/C29H52O16/c1-13-25(5,6)42-38-21(30)34-17-29(18-35-22(31)39-43-26(7,8)14-2,19-36-23(32)40-44-27(9,10)15-3)20-37-24(33)41-45-28(11,12)16-4/h13-20H2,1-12H3. The van der Waals surface area contributed by atoms with Gasteiger partial charge in [-0.05, 0) is 81.1 Å². The molecule has 0 aromatic heterocycles. The molecule has 0 unspecified atom stereocenters. The van der Waals surface area contributed by atoms with Crippen LogP contribution in [0.4, 0.5) is 19.2 Å². The summed E-state index contributed by atoms with van der Waals surface area (Å²) in [5.41, 5.74) is -5.08. The quantitative estimate of drug-likeness (QED) is 0.0561. The van der Waals surface area contributed by atoms with Gasteiger partial charge in [0, 0.05) is 0 Å². The van der Waals surface area contributed by atoms with E-state index in [9.17, 15) is 19.2 Å². The minimum Gasteiger partial charge on any atom is -0.431 e. The van der Waals surface area contributed by atoms with E-state index >= 15 is 0 Å². The summed E-state index contributed by atoms with van der Waals surface area (Å²) in [6.07, 6.45) is -3.17. The van der Waals surface area contributed by atoms with Crippen molar-refractivity contribution in [3.8, 4) is 0 Å². The zero-order chi connectivity index (χ0) is 35.0. The monoisotopic (exact) mass is 656 g/mol. The van der Waals surface area contributed by atoms with Gasteiger partial charge in [-0.1, -0.05) is 27.7 Å². The predicted octanol–water partition coefficient (Wildman–Crippen LogP) is 7.07. The van der Waals surface area contributed by atoms with Gasteiger partial charge in [0.25, 0.3) is 0 Å². The maximum absolute atomic E-state index is 12.4. The Morgan fingerprint density at radius 3 is 0.711 bits per heavy atom. The Morgan fingerprint density at radius 1 is 0.378 bits per heavy atom. The predicted molar refractivity (Wildman–Crippen MR) is 154 cm³/mol. The lowest BCUT2D eigenvalue weighted by atomic mass is 9.92. The van der Waals surface area contributed by atoms with Crippen LogP contribution in [0.1, 0.15) is 109 Å². The van der Waals surface area contributed by atoms with Gasteiger partial charge in [-0.2, -0.15) is 19.6 Å². The van der Waals surface area contributed by atoms with Crippen LogP contribution in [0.2, 0.25) is 0 Å². The summed E-state index contributed by atoms with van der Waals surface area (Å²) in [4.78, 5) is 88.7. The maximum atomic E-state index is 12.4. The highest BCUT2D eigenvalue weighted by Crippen LogP contribution is 2.24. The van der Waals surface area contributed by atoms with Crippen LogP contribution in [-0.4, -0.2) is 73.5 Å². The third-order valence-electron chi connectivity index (χ3n) is 6.73. The highest BCUT2D eigenvalue weighted by Gasteiger charge is 2.40. The molecule has 0 saturated carbocycles. The smallest absolute Gasteiger partial charge is 0.431 e. The lowest BCUT2D eigenvalue weighted by Gasteiger charge is -2.31. The second kappa shape index (κ2) is 18.8. The molecule has 0 saturated heterocycles. The van der Waals surface area contributed by atoms with Crippen LogP contribution < -0.4 is 0 Å². The Bertz CT molecular complexity index is 778. The van der Waals surface area contributed by atoms with Crippen LogP contribution in [0.5, 0.6) is 0 Å². The van der Waals surface area contributed by atoms with Gasteiger partial charge in [-0.3, -0.25) is 19.6 Å². The normalized spacial score (nSPS) is 12.5. The molecular formula is C29H52O16. The summed E-state index contributed by atoms with van der Waals surface area (Å²) in [6.45, 7) is 17.8. The largest absolute Gasteiger partial charge is 0.540 e. The average molecular weight is 657 g/mol. The Labute approximate surface area is 265 Å². The van der Waals surface area contributed by atoms with Gasteiger partial charge >= 0.3 is 24.6 Å². The van der Waals surface area contributed by atoms with Crippen molar-refractivity contribution in [3.05, 3.63) is 0 Å². The van der Waals surface area contributed by atoms with Crippen LogP contribution in [0.25, 0.3) is 0 Å². The first kappa shape index (κ1) is 41.9. The van der Waals surface area contributed by atoms with Gasteiger partial charge in [0.1, 0.15) is 54.2 Å². The summed E-state index contributed by atoms with van der Waals surface area (Å²) in [7, 11) is 0. The van der Waals surface area contributed by atoms with Gasteiger partial charge in [0.15, 0.2) is 0 Å². The Hall–Kier alpha value is -3.08. The van der Waals surface area contributed by atoms with E-state index in [1.54, 1.807) is 55.4 Å². The molecule has 0 aliphatic heterocycles. The van der Waals surface area contributed by atoms with Crippen molar-refractivity contribution in [2.75, 3.05) is 26.4 Å². The van der Waals surface area contributed by atoms with E-state index in [-0.39, 0.29) is 0 Å². The maximum Gasteiger partial charge on any atom is 0.540 e. The minimum atomic E-state index is -1.78. The van der Waals surface area contributed by atoms with E-state index in [1.807, 2.05) is 27.7 Å². The van der Waals surface area contributed by atoms with Crippen molar-refractivity contribution in [2.24, 2.45) is 5.41 Å². The second-order valence-electron chi connectivity index (χ2n) is 12.8. The average Bonchev–Trinajstić information content (AvgIpc) is 3.00. The number of carbonyl (C=O) groups is 4. The Kier molecular flexibility index (Phi) is 17.5. The van der Waals surface area contributed by atoms with Crippen LogP contribution in [0, 0.1) is 5.41 Å². The molecule has 45 heavy (non-hydrogen) atoms. The van der Waals surface area contributed by atoms with E-state index < -0.39 is 78.9 Å². The van der Waals surface area contributed by atoms with Crippen molar-refractivity contribution < 1.29 is 77.2 Å². The topological polar surface area (TPSA) is 179 Å². The molecular weight excluding hydrogens is 604 g/mol. The molecule has 0 fully saturated rings. The fraction of sp³-hybridized carbons (Fsp3) is 0.862. The SMILES string of the molecule is CCC(C)(C)OOC(=O)OCC(COC(=O)OOC(C)(C)CC)(COC(=O)OOC(C)(C)CC)COC(=O)OOC(C)(C)CC. The molecule has 0 aliphatic rings. The molecule has 16 nitrogen and oxygen atoms in total. The van der Waals surface area contributed by atoms with Crippen molar-refractivity contribution in [1.29, 1.82) is 0 Å². The molecule has 0 aliphatic carbocycles. The van der Waals surface area contributed by atoms with Crippen LogP contribution >= 0.6 is 0 Å². The molecule has 0 N–H and O–H groups in total. The van der Waals surface area contributed by atoms with E-state index in [2.05, 4.69) is 0 Å². The molecule has 0 heterocycles. The van der Waals surface area contributed by atoms with E-state index in [0.717, 1.165) is 0 Å². The first-order valence-electron chi connectivity index (χ1n) is 14.7. The molecule has 16 heteroatoms. The van der Waals surface area contributed by atoms with Crippen molar-refractivity contribution in [1.82, 2.24) is 0 Å². The van der Waals surface area contributed by atoms with Gasteiger partial charge in [-0.25, -0.2) is 19.2 Å². The number of ether oxygens (including phenoxy) is 4. The summed E-state index contributed by atoms with van der Waals surface area (Å²) >= 11 is 0. The van der Waals surface area contributed by atoms with Gasteiger partial charge < -0.3 is 18.9 Å². The Morgan fingerprint density at radius 2 is 0.556 bits per heavy atom. The van der Waals surface area contributed by atoms with E-state index in [1.165, 1.54) is 0 Å². The van der Waals surface area contributed by atoms with Crippen molar-refractivity contribution >= 4 is 24.6 Å². The van der Waals surface area contributed by atoms with Crippen LogP contribution in [-0.2, 0) is 58.0 Å². The fourth-order valence-corrected chi connectivity index (χ4v) is 2.02. The van der Waals surface area contributed by atoms with Gasteiger partial charge in [-0.15, -0.1) is 0 Å². The Balaban J connectivity index is 5.98. The zero-order valence-corrected chi connectivity index (χ0v) is 28.7. The third kappa shape index (κ3) is 19.1. The molecule has 0 atom stereocenters. The first-order chi connectivity index (χ1) is 20.6. The highest BCUT2D eigenvalue weighted by molar-refractivity contribution is 5.61. The molecule has 0 amide bonds. The van der Waals surface area contributed by atoms with Crippen LogP contribution in [0.15, 0.2) is 0 Å². The van der Waals surface area contributed by atoms with Gasteiger partial charge in [0.05, 0.1) is 0 Å². The second-order valence-corrected chi connectivity index (χ2v) is 12.8. The molecule has 264 valence electrons. The highest BCUT2D eigenvalue weighted by atomic mass is 17.3. The minimum absolute atomic E-state index is 0.497. The molecule has 0 aromatic carbocycles. The molecule has 0 aromatic rings. The summed E-state index contributed by atoms with van der Waals surface area (Å²) in [6, 6.07) is 0.